The molecule has 0 fully saturated rings. The Morgan fingerprint density at radius 2 is 1.74 bits per heavy atom. The summed E-state index contributed by atoms with van der Waals surface area (Å²) in [6, 6.07) is 11.1. The fourth-order valence-electron chi connectivity index (χ4n) is 3.28. The first-order chi connectivity index (χ1) is 15.0. The van der Waals surface area contributed by atoms with Crippen molar-refractivity contribution in [2.45, 2.75) is 25.8 Å². The summed E-state index contributed by atoms with van der Waals surface area (Å²) in [4.78, 5) is 29.2. The first-order valence-electron chi connectivity index (χ1n) is 10.1. The molecule has 0 unspecified atom stereocenters. The lowest BCUT2D eigenvalue weighted by atomic mass is 10.1. The Bertz CT molecular complexity index is 1090. The van der Waals surface area contributed by atoms with E-state index in [1.54, 1.807) is 19.2 Å². The first kappa shape index (κ1) is 22.1. The lowest BCUT2D eigenvalue weighted by molar-refractivity contribution is -0.121. The van der Waals surface area contributed by atoms with Crippen molar-refractivity contribution >= 4 is 16.8 Å². The van der Waals surface area contributed by atoms with E-state index < -0.39 is 0 Å². The zero-order valence-corrected chi connectivity index (χ0v) is 18.0. The van der Waals surface area contributed by atoms with Crippen LogP contribution in [-0.4, -0.2) is 43.3 Å². The predicted octanol–water partition coefficient (Wildman–Crippen LogP) is 2.56. The van der Waals surface area contributed by atoms with Crippen LogP contribution in [-0.2, 0) is 17.8 Å². The Hall–Kier alpha value is -3.55. The number of hydrogen-bond donors (Lipinski definition) is 1. The van der Waals surface area contributed by atoms with Gasteiger partial charge in [0.05, 0.1) is 38.6 Å². The molecule has 1 heterocycles. The minimum Gasteiger partial charge on any atom is -0.497 e. The van der Waals surface area contributed by atoms with Gasteiger partial charge in [0, 0.05) is 25.6 Å². The van der Waals surface area contributed by atoms with Crippen LogP contribution in [0.1, 0.15) is 18.4 Å². The van der Waals surface area contributed by atoms with Crippen LogP contribution in [0.15, 0.2) is 47.5 Å². The number of fused-ring (bicyclic) bond motifs is 1. The van der Waals surface area contributed by atoms with Crippen molar-refractivity contribution in [3.05, 3.63) is 58.6 Å². The standard InChI is InChI=1S/C23H27N3O5/c1-29-17-8-6-16(7-9-17)10-11-24-22(27)5-4-12-26-15-25-19-14-21(31-3)20(30-2)13-18(19)23(26)28/h6-9,13-15H,4-5,10-12H2,1-3H3,(H,24,27). The molecule has 0 saturated heterocycles. The molecule has 0 atom stereocenters. The minimum absolute atomic E-state index is 0.0401. The number of rotatable bonds is 10. The maximum Gasteiger partial charge on any atom is 0.261 e. The third-order valence-corrected chi connectivity index (χ3v) is 5.03. The van der Waals surface area contributed by atoms with Crippen LogP contribution in [0.5, 0.6) is 17.2 Å². The number of ether oxygens (including phenoxy) is 3. The van der Waals surface area contributed by atoms with E-state index in [-0.39, 0.29) is 11.5 Å². The van der Waals surface area contributed by atoms with Crippen LogP contribution < -0.4 is 25.1 Å². The fourth-order valence-corrected chi connectivity index (χ4v) is 3.28. The third kappa shape index (κ3) is 5.53. The SMILES string of the molecule is COc1ccc(CCNC(=O)CCCn2cnc3cc(OC)c(OC)cc3c2=O)cc1. The molecule has 0 aliphatic heterocycles. The molecule has 1 N–H and O–H groups in total. The molecule has 0 aliphatic rings. The van der Waals surface area contributed by atoms with Gasteiger partial charge in [0.1, 0.15) is 5.75 Å². The van der Waals surface area contributed by atoms with E-state index in [9.17, 15) is 9.59 Å². The van der Waals surface area contributed by atoms with Gasteiger partial charge in [-0.05, 0) is 36.6 Å². The van der Waals surface area contributed by atoms with Gasteiger partial charge in [0.2, 0.25) is 5.91 Å². The van der Waals surface area contributed by atoms with Crippen LogP contribution in [0.2, 0.25) is 0 Å². The van der Waals surface area contributed by atoms with Crippen molar-refractivity contribution in [3.63, 3.8) is 0 Å². The molecule has 8 nitrogen and oxygen atoms in total. The third-order valence-electron chi connectivity index (χ3n) is 5.03. The molecule has 3 aromatic rings. The smallest absolute Gasteiger partial charge is 0.261 e. The maximum absolute atomic E-state index is 12.8. The van der Waals surface area contributed by atoms with Gasteiger partial charge in [-0.2, -0.15) is 0 Å². The monoisotopic (exact) mass is 425 g/mol. The number of nitrogens with zero attached hydrogens (tertiary/aromatic N) is 2. The van der Waals surface area contributed by atoms with Crippen molar-refractivity contribution in [2.75, 3.05) is 27.9 Å². The van der Waals surface area contributed by atoms with Crippen molar-refractivity contribution in [1.82, 2.24) is 14.9 Å². The Kier molecular flexibility index (Phi) is 7.48. The van der Waals surface area contributed by atoms with Crippen LogP contribution >= 0.6 is 0 Å². The number of aromatic nitrogens is 2. The van der Waals surface area contributed by atoms with Gasteiger partial charge in [-0.1, -0.05) is 12.1 Å². The largest absolute Gasteiger partial charge is 0.497 e. The molecule has 2 aromatic carbocycles. The highest BCUT2D eigenvalue weighted by Crippen LogP contribution is 2.29. The summed E-state index contributed by atoms with van der Waals surface area (Å²) in [6.45, 7) is 0.965. The number of aryl methyl sites for hydroxylation is 1. The van der Waals surface area contributed by atoms with Gasteiger partial charge in [-0.3, -0.25) is 14.2 Å². The number of amides is 1. The van der Waals surface area contributed by atoms with E-state index in [1.165, 1.54) is 25.1 Å². The highest BCUT2D eigenvalue weighted by atomic mass is 16.5. The van der Waals surface area contributed by atoms with E-state index in [2.05, 4.69) is 10.3 Å². The predicted molar refractivity (Wildman–Crippen MR) is 118 cm³/mol. The number of carbonyl (C=O) groups is 1. The summed E-state index contributed by atoms with van der Waals surface area (Å²) < 4.78 is 17.2. The summed E-state index contributed by atoms with van der Waals surface area (Å²) in [6.07, 6.45) is 3.11. The Balaban J connectivity index is 1.51. The maximum atomic E-state index is 12.8. The summed E-state index contributed by atoms with van der Waals surface area (Å²) in [5.41, 5.74) is 1.49. The molecule has 1 aromatic heterocycles. The molecule has 0 bridgehead atoms. The number of benzene rings is 2. The van der Waals surface area contributed by atoms with Gasteiger partial charge in [-0.25, -0.2) is 4.98 Å². The molecule has 0 saturated carbocycles. The normalized spacial score (nSPS) is 10.7. The Morgan fingerprint density at radius 1 is 1.03 bits per heavy atom. The van der Waals surface area contributed by atoms with Gasteiger partial charge in [-0.15, -0.1) is 0 Å². The van der Waals surface area contributed by atoms with E-state index >= 15 is 0 Å². The van der Waals surface area contributed by atoms with Crippen LogP contribution in [0.3, 0.4) is 0 Å². The summed E-state index contributed by atoms with van der Waals surface area (Å²) >= 11 is 0. The highest BCUT2D eigenvalue weighted by Gasteiger charge is 2.11. The number of hydrogen-bond acceptors (Lipinski definition) is 6. The van der Waals surface area contributed by atoms with Gasteiger partial charge in [0.25, 0.3) is 5.56 Å². The van der Waals surface area contributed by atoms with Crippen molar-refractivity contribution in [1.29, 1.82) is 0 Å². The minimum atomic E-state index is -0.175. The molecule has 1 amide bonds. The number of methoxy groups -OCH3 is 3. The average Bonchev–Trinajstić information content (AvgIpc) is 2.80. The van der Waals surface area contributed by atoms with Crippen molar-refractivity contribution in [3.8, 4) is 17.2 Å². The zero-order valence-electron chi connectivity index (χ0n) is 18.0. The Labute approximate surface area is 180 Å². The van der Waals surface area contributed by atoms with Crippen LogP contribution in [0, 0.1) is 0 Å². The summed E-state index contributed by atoms with van der Waals surface area (Å²) in [5, 5.41) is 3.36. The molecule has 8 heteroatoms. The molecule has 3 rings (SSSR count). The number of carbonyl (C=O) groups excluding carboxylic acids is 1. The lowest BCUT2D eigenvalue weighted by Crippen LogP contribution is -2.26. The van der Waals surface area contributed by atoms with E-state index in [4.69, 9.17) is 14.2 Å². The Morgan fingerprint density at radius 3 is 2.42 bits per heavy atom. The topological polar surface area (TPSA) is 91.7 Å². The summed E-state index contributed by atoms with van der Waals surface area (Å²) in [5.74, 6) is 1.76. The second-order valence-corrected chi connectivity index (χ2v) is 7.02. The molecule has 164 valence electrons. The average molecular weight is 425 g/mol. The lowest BCUT2D eigenvalue weighted by Gasteiger charge is -2.10. The molecule has 31 heavy (non-hydrogen) atoms. The second-order valence-electron chi connectivity index (χ2n) is 7.02. The molecule has 0 spiro atoms. The van der Waals surface area contributed by atoms with E-state index in [0.717, 1.165) is 17.7 Å². The molecule has 0 radical (unpaired) electrons. The fraction of sp³-hybridized carbons (Fsp3) is 0.348. The van der Waals surface area contributed by atoms with E-state index in [1.807, 2.05) is 24.3 Å². The van der Waals surface area contributed by atoms with Gasteiger partial charge < -0.3 is 19.5 Å². The number of nitrogens with one attached hydrogen (secondary N) is 1. The van der Waals surface area contributed by atoms with Crippen LogP contribution in [0.25, 0.3) is 10.9 Å². The molecular weight excluding hydrogens is 398 g/mol. The second kappa shape index (κ2) is 10.5. The van der Waals surface area contributed by atoms with Crippen LogP contribution in [0.4, 0.5) is 0 Å². The van der Waals surface area contributed by atoms with Crippen molar-refractivity contribution in [2.24, 2.45) is 0 Å². The quantitative estimate of drug-likeness (QED) is 0.537. The highest BCUT2D eigenvalue weighted by molar-refractivity contribution is 5.81. The van der Waals surface area contributed by atoms with Gasteiger partial charge in [0.15, 0.2) is 11.5 Å². The summed E-state index contributed by atoms with van der Waals surface area (Å²) in [7, 11) is 4.68. The molecular formula is C23H27N3O5. The van der Waals surface area contributed by atoms with Crippen molar-refractivity contribution < 1.29 is 19.0 Å². The molecule has 0 aliphatic carbocycles. The van der Waals surface area contributed by atoms with Gasteiger partial charge >= 0.3 is 0 Å². The first-order valence-corrected chi connectivity index (χ1v) is 10.1. The van der Waals surface area contributed by atoms with E-state index in [0.29, 0.717) is 48.3 Å². The zero-order chi connectivity index (χ0) is 22.2.